The van der Waals surface area contributed by atoms with Gasteiger partial charge in [-0.1, -0.05) is 23.2 Å². The lowest BCUT2D eigenvalue weighted by molar-refractivity contribution is -0.702. The van der Waals surface area contributed by atoms with E-state index in [1.54, 1.807) is 17.6 Å². The first-order chi connectivity index (χ1) is 8.74. The third-order valence-electron chi connectivity index (χ3n) is 3.03. The molecule has 0 radical (unpaired) electrons. The molecule has 0 spiro atoms. The van der Waals surface area contributed by atoms with Crippen LogP contribution in [-0.2, 0) is 13.1 Å². The van der Waals surface area contributed by atoms with Crippen LogP contribution < -0.4 is 4.57 Å². The third-order valence-corrected chi connectivity index (χ3v) is 3.76. The van der Waals surface area contributed by atoms with Gasteiger partial charge < -0.3 is 0 Å². The monoisotopic (exact) mass is 311 g/mol. The molecule has 1 heterocycles. The second-order valence-corrected chi connectivity index (χ2v) is 5.06. The van der Waals surface area contributed by atoms with Gasteiger partial charge in [0.1, 0.15) is 0 Å². The highest BCUT2D eigenvalue weighted by Gasteiger charge is 2.35. The Labute approximate surface area is 118 Å². The van der Waals surface area contributed by atoms with Crippen LogP contribution in [0.5, 0.6) is 0 Å². The van der Waals surface area contributed by atoms with Crippen molar-refractivity contribution in [2.24, 2.45) is 0 Å². The first-order valence-electron chi connectivity index (χ1n) is 5.69. The van der Waals surface area contributed by atoms with E-state index >= 15 is 0 Å². The van der Waals surface area contributed by atoms with Crippen molar-refractivity contribution in [1.29, 1.82) is 0 Å². The maximum absolute atomic E-state index is 12.7. The molecule has 1 aromatic carbocycles. The summed E-state index contributed by atoms with van der Waals surface area (Å²) in [5.41, 5.74) is 1.09. The van der Waals surface area contributed by atoms with Gasteiger partial charge in [0.25, 0.3) is 5.82 Å². The van der Waals surface area contributed by atoms with Crippen LogP contribution in [0.2, 0.25) is 10.0 Å². The van der Waals surface area contributed by atoms with E-state index in [1.807, 2.05) is 6.92 Å². The lowest BCUT2D eigenvalue weighted by Crippen LogP contribution is -2.43. The molecular weight excluding hydrogens is 300 g/mol. The van der Waals surface area contributed by atoms with Gasteiger partial charge in [0, 0.05) is 19.1 Å². The maximum atomic E-state index is 12.7. The Hall–Kier alpha value is -0.940. The van der Waals surface area contributed by atoms with E-state index in [0.29, 0.717) is 28.4 Å². The number of hydrogen-bond acceptors (Lipinski definition) is 0. The van der Waals surface area contributed by atoms with Crippen LogP contribution in [0, 0.1) is 6.92 Å². The lowest BCUT2D eigenvalue weighted by atomic mass is 10.3. The standard InChI is InChI=1S/C12H12Cl2F3N2/c1-3-18-7(2)19(6-12(15,16)17)11-5-9(14)8(13)4-10(11)18/h4-5H,3,6H2,1-2H3/q+1. The van der Waals surface area contributed by atoms with Crippen molar-refractivity contribution in [3.8, 4) is 0 Å². The Balaban J connectivity index is 2.75. The molecular formula is C12H12Cl2F3N2+. The molecule has 0 N–H and O–H groups in total. The molecule has 0 unspecified atom stereocenters. The summed E-state index contributed by atoms with van der Waals surface area (Å²) in [5.74, 6) is 0.521. The number of alkyl halides is 3. The van der Waals surface area contributed by atoms with E-state index in [-0.39, 0.29) is 5.02 Å². The molecule has 7 heteroatoms. The topological polar surface area (TPSA) is 8.81 Å². The minimum absolute atomic E-state index is 0.248. The highest BCUT2D eigenvalue weighted by molar-refractivity contribution is 6.42. The van der Waals surface area contributed by atoms with Gasteiger partial charge in [-0.05, 0) is 6.92 Å². The molecule has 0 aliphatic carbocycles. The van der Waals surface area contributed by atoms with Crippen molar-refractivity contribution in [3.05, 3.63) is 28.0 Å². The number of aromatic nitrogens is 2. The summed E-state index contributed by atoms with van der Waals surface area (Å²) in [5, 5.41) is 0.582. The minimum atomic E-state index is -4.28. The van der Waals surface area contributed by atoms with Crippen molar-refractivity contribution in [3.63, 3.8) is 0 Å². The molecule has 0 bridgehead atoms. The third kappa shape index (κ3) is 2.67. The fourth-order valence-electron chi connectivity index (χ4n) is 2.23. The van der Waals surface area contributed by atoms with E-state index in [4.69, 9.17) is 23.2 Å². The number of imidazole rings is 1. The first kappa shape index (κ1) is 14.5. The second-order valence-electron chi connectivity index (χ2n) is 4.25. The van der Waals surface area contributed by atoms with Crippen molar-refractivity contribution in [1.82, 2.24) is 4.57 Å². The molecule has 0 saturated carbocycles. The van der Waals surface area contributed by atoms with Crippen LogP contribution in [0.4, 0.5) is 13.2 Å². The van der Waals surface area contributed by atoms with E-state index < -0.39 is 12.7 Å². The number of benzene rings is 1. The van der Waals surface area contributed by atoms with Crippen molar-refractivity contribution in [2.75, 3.05) is 0 Å². The average molecular weight is 312 g/mol. The predicted molar refractivity (Wildman–Crippen MR) is 68.6 cm³/mol. The van der Waals surface area contributed by atoms with Crippen molar-refractivity contribution < 1.29 is 17.7 Å². The maximum Gasteiger partial charge on any atom is 0.426 e. The second kappa shape index (κ2) is 4.87. The van der Waals surface area contributed by atoms with E-state index in [0.717, 1.165) is 0 Å². The fourth-order valence-corrected chi connectivity index (χ4v) is 2.55. The Morgan fingerprint density at radius 3 is 2.32 bits per heavy atom. The van der Waals surface area contributed by atoms with Gasteiger partial charge in [0.05, 0.1) is 16.6 Å². The summed E-state index contributed by atoms with van der Waals surface area (Å²) >= 11 is 11.8. The molecule has 19 heavy (non-hydrogen) atoms. The molecule has 0 atom stereocenters. The zero-order valence-electron chi connectivity index (χ0n) is 10.4. The summed E-state index contributed by atoms with van der Waals surface area (Å²) in [4.78, 5) is 0. The first-order valence-corrected chi connectivity index (χ1v) is 6.44. The fraction of sp³-hybridized carbons (Fsp3) is 0.417. The van der Waals surface area contributed by atoms with Gasteiger partial charge in [0.15, 0.2) is 17.6 Å². The zero-order chi connectivity index (χ0) is 14.4. The lowest BCUT2D eigenvalue weighted by Gasteiger charge is -2.05. The minimum Gasteiger partial charge on any atom is -0.228 e. The van der Waals surface area contributed by atoms with Gasteiger partial charge in [-0.25, -0.2) is 9.13 Å². The molecule has 104 valence electrons. The number of halogens is 5. The molecule has 0 saturated heterocycles. The number of fused-ring (bicyclic) bond motifs is 1. The molecule has 0 amide bonds. The quantitative estimate of drug-likeness (QED) is 0.738. The van der Waals surface area contributed by atoms with Gasteiger partial charge in [-0.3, -0.25) is 0 Å². The number of rotatable bonds is 2. The van der Waals surface area contributed by atoms with Crippen molar-refractivity contribution >= 4 is 34.2 Å². The summed E-state index contributed by atoms with van der Waals surface area (Å²) in [6.07, 6.45) is -4.28. The smallest absolute Gasteiger partial charge is 0.228 e. The van der Waals surface area contributed by atoms with E-state index in [1.165, 1.54) is 10.6 Å². The van der Waals surface area contributed by atoms with Crippen LogP contribution in [0.1, 0.15) is 12.7 Å². The van der Waals surface area contributed by atoms with Crippen molar-refractivity contribution in [2.45, 2.75) is 33.1 Å². The molecule has 2 aromatic rings. The van der Waals surface area contributed by atoms with Crippen LogP contribution in [0.15, 0.2) is 12.1 Å². The molecule has 1 aromatic heterocycles. The van der Waals surface area contributed by atoms with Gasteiger partial charge >= 0.3 is 6.18 Å². The molecule has 0 fully saturated rings. The van der Waals surface area contributed by atoms with E-state index in [9.17, 15) is 13.2 Å². The van der Waals surface area contributed by atoms with Crippen LogP contribution >= 0.6 is 23.2 Å². The zero-order valence-corrected chi connectivity index (χ0v) is 11.9. The highest BCUT2D eigenvalue weighted by atomic mass is 35.5. The molecule has 2 rings (SSSR count). The summed E-state index contributed by atoms with van der Waals surface area (Å²) in [6, 6.07) is 3.08. The molecule has 2 nitrogen and oxygen atoms in total. The van der Waals surface area contributed by atoms with Crippen LogP contribution in [-0.4, -0.2) is 10.7 Å². The summed E-state index contributed by atoms with van der Waals surface area (Å²) in [7, 11) is 0. The van der Waals surface area contributed by atoms with Gasteiger partial charge in [-0.15, -0.1) is 0 Å². The Bertz CT molecular complexity index is 632. The normalized spacial score (nSPS) is 12.4. The number of hydrogen-bond donors (Lipinski definition) is 0. The summed E-state index contributed by atoms with van der Waals surface area (Å²) in [6.45, 7) is 3.04. The number of nitrogens with zero attached hydrogens (tertiary/aromatic N) is 2. The molecule has 0 aliphatic heterocycles. The Morgan fingerprint density at radius 2 is 1.79 bits per heavy atom. The predicted octanol–water partition coefficient (Wildman–Crippen LogP) is 4.13. The van der Waals surface area contributed by atoms with E-state index in [2.05, 4.69) is 0 Å². The average Bonchev–Trinajstić information content (AvgIpc) is 2.52. The Morgan fingerprint density at radius 1 is 1.21 bits per heavy atom. The van der Waals surface area contributed by atoms with Crippen LogP contribution in [0.25, 0.3) is 11.0 Å². The largest absolute Gasteiger partial charge is 0.426 e. The van der Waals surface area contributed by atoms with Crippen LogP contribution in [0.3, 0.4) is 0 Å². The highest BCUT2D eigenvalue weighted by Crippen LogP contribution is 2.28. The Kier molecular flexibility index (Phi) is 3.71. The van der Waals surface area contributed by atoms with Gasteiger partial charge in [-0.2, -0.15) is 13.2 Å². The summed E-state index contributed by atoms with van der Waals surface area (Å²) < 4.78 is 40.9. The molecule has 0 aliphatic rings. The number of aryl methyl sites for hydroxylation is 1. The SMILES string of the molecule is CCn1c(C)[n+](CC(F)(F)F)c2cc(Cl)c(Cl)cc21. The van der Waals surface area contributed by atoms with Gasteiger partial charge in [0.2, 0.25) is 0 Å².